The summed E-state index contributed by atoms with van der Waals surface area (Å²) in [6.45, 7) is 1.94. The van der Waals surface area contributed by atoms with Crippen LogP contribution in [0.3, 0.4) is 0 Å². The maximum Gasteiger partial charge on any atom is 0.358 e. The van der Waals surface area contributed by atoms with Gasteiger partial charge in [0.05, 0.1) is 20.3 Å². The predicted molar refractivity (Wildman–Crippen MR) is 50.5 cm³/mol. The largest absolute Gasteiger partial charge is 0.477 e. The van der Waals surface area contributed by atoms with Crippen molar-refractivity contribution in [3.05, 3.63) is 17.3 Å². The van der Waals surface area contributed by atoms with E-state index in [-0.39, 0.29) is 18.2 Å². The second-order valence-corrected chi connectivity index (χ2v) is 2.64. The molecular weight excluding hydrogens is 200 g/mol. The number of carbonyl (C=O) groups excluding carboxylic acids is 1. The standard InChI is InChI=1S/C9H12N2O4/c1-3-15-8-6(5-12)4-7(10-11-8)9(13)14-2/h4,12H,3,5H2,1-2H3. The number of nitrogens with zero attached hydrogens (tertiary/aromatic N) is 2. The Morgan fingerprint density at radius 3 is 2.80 bits per heavy atom. The second kappa shape index (κ2) is 5.26. The van der Waals surface area contributed by atoms with Gasteiger partial charge in [0.15, 0.2) is 5.69 Å². The van der Waals surface area contributed by atoms with Crippen LogP contribution in [-0.4, -0.2) is 35.0 Å². The number of esters is 1. The Bertz CT molecular complexity index is 354. The summed E-state index contributed by atoms with van der Waals surface area (Å²) in [4.78, 5) is 11.1. The number of aliphatic hydroxyl groups is 1. The molecule has 1 aromatic heterocycles. The van der Waals surface area contributed by atoms with Gasteiger partial charge >= 0.3 is 5.97 Å². The summed E-state index contributed by atoms with van der Waals surface area (Å²) < 4.78 is 9.58. The Balaban J connectivity index is 3.01. The molecule has 15 heavy (non-hydrogen) atoms. The summed E-state index contributed by atoms with van der Waals surface area (Å²) in [6, 6.07) is 1.39. The molecule has 0 saturated carbocycles. The van der Waals surface area contributed by atoms with Crippen LogP contribution in [0.4, 0.5) is 0 Å². The van der Waals surface area contributed by atoms with Gasteiger partial charge in [0.25, 0.3) is 0 Å². The fourth-order valence-electron chi connectivity index (χ4n) is 0.995. The number of carbonyl (C=O) groups is 1. The molecule has 0 amide bonds. The van der Waals surface area contributed by atoms with Crippen molar-refractivity contribution in [1.82, 2.24) is 10.2 Å². The normalized spacial score (nSPS) is 9.80. The third kappa shape index (κ3) is 2.63. The van der Waals surface area contributed by atoms with Crippen LogP contribution in [0.1, 0.15) is 23.0 Å². The Morgan fingerprint density at radius 2 is 2.27 bits per heavy atom. The summed E-state index contributed by atoms with van der Waals surface area (Å²) in [7, 11) is 1.25. The minimum absolute atomic E-state index is 0.0463. The molecule has 0 spiro atoms. The molecule has 82 valence electrons. The molecule has 1 rings (SSSR count). The lowest BCUT2D eigenvalue weighted by atomic mass is 10.2. The molecule has 0 bridgehead atoms. The lowest BCUT2D eigenvalue weighted by Gasteiger charge is -2.06. The molecule has 1 heterocycles. The topological polar surface area (TPSA) is 81.5 Å². The number of aromatic nitrogens is 2. The summed E-state index contributed by atoms with van der Waals surface area (Å²) >= 11 is 0. The van der Waals surface area contributed by atoms with Gasteiger partial charge in [-0.15, -0.1) is 10.2 Å². The first-order chi connectivity index (χ1) is 7.22. The van der Waals surface area contributed by atoms with Crippen molar-refractivity contribution in [2.75, 3.05) is 13.7 Å². The molecule has 1 N–H and O–H groups in total. The van der Waals surface area contributed by atoms with Crippen LogP contribution in [-0.2, 0) is 11.3 Å². The van der Waals surface area contributed by atoms with Crippen LogP contribution < -0.4 is 4.74 Å². The van der Waals surface area contributed by atoms with Crippen LogP contribution in [0.2, 0.25) is 0 Å². The summed E-state index contributed by atoms with van der Waals surface area (Å²) in [5.41, 5.74) is 0.456. The minimum atomic E-state index is -0.597. The number of methoxy groups -OCH3 is 1. The van der Waals surface area contributed by atoms with E-state index in [9.17, 15) is 4.79 Å². The highest BCUT2D eigenvalue weighted by atomic mass is 16.5. The highest BCUT2D eigenvalue weighted by molar-refractivity contribution is 5.87. The number of aliphatic hydroxyl groups excluding tert-OH is 1. The molecule has 0 radical (unpaired) electrons. The first kappa shape index (κ1) is 11.4. The van der Waals surface area contributed by atoms with E-state index < -0.39 is 5.97 Å². The van der Waals surface area contributed by atoms with Gasteiger partial charge in [-0.25, -0.2) is 4.79 Å². The van der Waals surface area contributed by atoms with Gasteiger partial charge in [-0.1, -0.05) is 0 Å². The molecule has 0 aliphatic rings. The van der Waals surface area contributed by atoms with E-state index in [4.69, 9.17) is 9.84 Å². The van der Waals surface area contributed by atoms with Gasteiger partial charge in [0.2, 0.25) is 5.88 Å². The SMILES string of the molecule is CCOc1nnc(C(=O)OC)cc1CO. The molecule has 0 saturated heterocycles. The van der Waals surface area contributed by atoms with Crippen LogP contribution in [0.25, 0.3) is 0 Å². The van der Waals surface area contributed by atoms with Gasteiger partial charge in [-0.3, -0.25) is 0 Å². The van der Waals surface area contributed by atoms with Crippen molar-refractivity contribution < 1.29 is 19.4 Å². The number of rotatable bonds is 4. The molecule has 6 heteroatoms. The van der Waals surface area contributed by atoms with E-state index in [1.165, 1.54) is 13.2 Å². The molecule has 0 unspecified atom stereocenters. The summed E-state index contributed by atoms with van der Waals surface area (Å²) in [6.07, 6.45) is 0. The maximum atomic E-state index is 11.1. The van der Waals surface area contributed by atoms with E-state index in [1.54, 1.807) is 6.92 Å². The van der Waals surface area contributed by atoms with Gasteiger partial charge < -0.3 is 14.6 Å². The number of ether oxygens (including phenoxy) is 2. The zero-order valence-corrected chi connectivity index (χ0v) is 8.56. The molecule has 0 atom stereocenters. The lowest BCUT2D eigenvalue weighted by molar-refractivity contribution is 0.0592. The second-order valence-electron chi connectivity index (χ2n) is 2.64. The number of hydrogen-bond acceptors (Lipinski definition) is 6. The van der Waals surface area contributed by atoms with Crippen molar-refractivity contribution in [1.29, 1.82) is 0 Å². The fourth-order valence-corrected chi connectivity index (χ4v) is 0.995. The smallest absolute Gasteiger partial charge is 0.358 e. The minimum Gasteiger partial charge on any atom is -0.477 e. The van der Waals surface area contributed by atoms with Crippen molar-refractivity contribution in [2.45, 2.75) is 13.5 Å². The molecule has 0 aliphatic carbocycles. The zero-order valence-electron chi connectivity index (χ0n) is 8.56. The first-order valence-corrected chi connectivity index (χ1v) is 4.41. The van der Waals surface area contributed by atoms with E-state index in [1.807, 2.05) is 0 Å². The Hall–Kier alpha value is -1.69. The quantitative estimate of drug-likeness (QED) is 0.715. The monoisotopic (exact) mass is 212 g/mol. The van der Waals surface area contributed by atoms with Gasteiger partial charge in [-0.05, 0) is 13.0 Å². The fraction of sp³-hybridized carbons (Fsp3) is 0.444. The molecule has 0 fully saturated rings. The highest BCUT2D eigenvalue weighted by Crippen LogP contribution is 2.15. The predicted octanol–water partition coefficient (Wildman–Crippen LogP) is 0.154. The maximum absolute atomic E-state index is 11.1. The molecule has 0 aromatic carbocycles. The Labute approximate surface area is 86.8 Å². The first-order valence-electron chi connectivity index (χ1n) is 4.41. The molecule has 6 nitrogen and oxygen atoms in total. The van der Waals surface area contributed by atoms with Crippen LogP contribution in [0, 0.1) is 0 Å². The molecule has 1 aromatic rings. The highest BCUT2D eigenvalue weighted by Gasteiger charge is 2.13. The third-order valence-electron chi connectivity index (χ3n) is 1.68. The molecular formula is C9H12N2O4. The lowest BCUT2D eigenvalue weighted by Crippen LogP contribution is -2.09. The van der Waals surface area contributed by atoms with Crippen molar-refractivity contribution >= 4 is 5.97 Å². The van der Waals surface area contributed by atoms with Crippen LogP contribution in [0.15, 0.2) is 6.07 Å². The van der Waals surface area contributed by atoms with Crippen LogP contribution in [0.5, 0.6) is 5.88 Å². The Kier molecular flexibility index (Phi) is 3.99. The van der Waals surface area contributed by atoms with E-state index >= 15 is 0 Å². The van der Waals surface area contributed by atoms with Crippen molar-refractivity contribution in [3.63, 3.8) is 0 Å². The van der Waals surface area contributed by atoms with E-state index in [2.05, 4.69) is 14.9 Å². The van der Waals surface area contributed by atoms with Crippen molar-refractivity contribution in [2.24, 2.45) is 0 Å². The summed E-state index contributed by atoms with van der Waals surface area (Å²) in [5.74, 6) is -0.368. The molecule has 0 aliphatic heterocycles. The summed E-state index contributed by atoms with van der Waals surface area (Å²) in [5, 5.41) is 16.3. The average molecular weight is 212 g/mol. The zero-order chi connectivity index (χ0) is 11.3. The van der Waals surface area contributed by atoms with E-state index in [0.29, 0.717) is 12.2 Å². The van der Waals surface area contributed by atoms with Gasteiger partial charge in [0.1, 0.15) is 0 Å². The number of hydrogen-bond donors (Lipinski definition) is 1. The average Bonchev–Trinajstić information content (AvgIpc) is 2.29. The van der Waals surface area contributed by atoms with Gasteiger partial charge in [0, 0.05) is 5.56 Å². The third-order valence-corrected chi connectivity index (χ3v) is 1.68. The van der Waals surface area contributed by atoms with Crippen molar-refractivity contribution in [3.8, 4) is 5.88 Å². The van der Waals surface area contributed by atoms with Gasteiger partial charge in [-0.2, -0.15) is 0 Å². The Morgan fingerprint density at radius 1 is 1.53 bits per heavy atom. The van der Waals surface area contributed by atoms with Crippen LogP contribution >= 0.6 is 0 Å². The van der Waals surface area contributed by atoms with E-state index in [0.717, 1.165) is 0 Å².